The van der Waals surface area contributed by atoms with Crippen molar-refractivity contribution in [3.8, 4) is 16.3 Å². The Morgan fingerprint density at radius 2 is 1.79 bits per heavy atom. The van der Waals surface area contributed by atoms with Crippen LogP contribution >= 0.6 is 11.3 Å². The Morgan fingerprint density at radius 1 is 1.12 bits per heavy atom. The van der Waals surface area contributed by atoms with Crippen LogP contribution in [0, 0.1) is 0 Å². The number of rotatable bonds is 7. The SMILES string of the molecule is Cn1nc(-c2ccc(C(=O)N[C@@H](Cc3ccc(O)cc3)C(=O)O)cc2)s/c1=N/C1CCCCC1. The third-order valence-corrected chi connectivity index (χ3v) is 7.01. The zero-order chi connectivity index (χ0) is 24.1. The summed E-state index contributed by atoms with van der Waals surface area (Å²) in [5.41, 5.74) is 1.95. The van der Waals surface area contributed by atoms with E-state index in [1.165, 1.54) is 42.7 Å². The standard InChI is InChI=1S/C25H28N4O4S/c1-29-25(26-19-5-3-2-4-6-19)34-23(28-29)18-11-9-17(10-12-18)22(31)27-21(24(32)33)15-16-7-13-20(30)14-8-16/h7-14,19,21,30H,2-6,15H2,1H3,(H,27,31)(H,32,33)/b26-25+/t21-/m0/s1. The largest absolute Gasteiger partial charge is 0.508 e. The van der Waals surface area contributed by atoms with Crippen LogP contribution in [0.3, 0.4) is 0 Å². The molecule has 1 amide bonds. The van der Waals surface area contributed by atoms with Crippen molar-refractivity contribution in [1.29, 1.82) is 0 Å². The number of hydrogen-bond acceptors (Lipinski definition) is 6. The van der Waals surface area contributed by atoms with Gasteiger partial charge in [-0.1, -0.05) is 54.9 Å². The number of phenolic OH excluding ortho intramolecular Hbond substituents is 1. The Bertz CT molecular complexity index is 1210. The van der Waals surface area contributed by atoms with Gasteiger partial charge in [-0.2, -0.15) is 5.10 Å². The molecule has 0 spiro atoms. The number of aromatic hydroxyl groups is 1. The van der Waals surface area contributed by atoms with E-state index in [1.54, 1.807) is 28.9 Å². The molecule has 3 N–H and O–H groups in total. The topological polar surface area (TPSA) is 117 Å². The molecular formula is C25H28N4O4S. The maximum atomic E-state index is 12.7. The van der Waals surface area contributed by atoms with Crippen LogP contribution in [0.1, 0.15) is 48.0 Å². The Labute approximate surface area is 201 Å². The Hall–Kier alpha value is -3.46. The number of phenols is 1. The monoisotopic (exact) mass is 480 g/mol. The number of carbonyl (C=O) groups excluding carboxylic acids is 1. The van der Waals surface area contributed by atoms with Gasteiger partial charge in [-0.25, -0.2) is 9.48 Å². The molecule has 0 saturated heterocycles. The number of benzene rings is 2. The van der Waals surface area contributed by atoms with E-state index in [0.717, 1.165) is 28.2 Å². The van der Waals surface area contributed by atoms with Crippen molar-refractivity contribution in [3.63, 3.8) is 0 Å². The van der Waals surface area contributed by atoms with Crippen molar-refractivity contribution >= 4 is 23.2 Å². The molecule has 4 rings (SSSR count). The summed E-state index contributed by atoms with van der Waals surface area (Å²) in [6.45, 7) is 0. The number of nitrogens with zero attached hydrogens (tertiary/aromatic N) is 3. The van der Waals surface area contributed by atoms with Gasteiger partial charge in [0.25, 0.3) is 5.91 Å². The third-order valence-electron chi connectivity index (χ3n) is 5.95. The summed E-state index contributed by atoms with van der Waals surface area (Å²) in [5.74, 6) is -1.48. The van der Waals surface area contributed by atoms with Crippen molar-refractivity contribution in [2.45, 2.75) is 50.6 Å². The fourth-order valence-corrected chi connectivity index (χ4v) is 4.98. The van der Waals surface area contributed by atoms with Crippen LogP contribution in [0.15, 0.2) is 53.5 Å². The Balaban J connectivity index is 1.45. The first-order chi connectivity index (χ1) is 16.4. The van der Waals surface area contributed by atoms with Gasteiger partial charge in [0, 0.05) is 24.6 Å². The Kier molecular flexibility index (Phi) is 7.42. The normalized spacial score (nSPS) is 15.7. The average Bonchev–Trinajstić information content (AvgIpc) is 3.20. The van der Waals surface area contributed by atoms with E-state index in [1.807, 2.05) is 19.2 Å². The van der Waals surface area contributed by atoms with Gasteiger partial charge in [-0.3, -0.25) is 9.79 Å². The molecule has 34 heavy (non-hydrogen) atoms. The second-order valence-corrected chi connectivity index (χ2v) is 9.50. The Morgan fingerprint density at radius 3 is 2.44 bits per heavy atom. The summed E-state index contributed by atoms with van der Waals surface area (Å²) >= 11 is 1.53. The summed E-state index contributed by atoms with van der Waals surface area (Å²) in [6.07, 6.45) is 6.11. The molecule has 0 aliphatic heterocycles. The van der Waals surface area contributed by atoms with Crippen LogP contribution in [-0.2, 0) is 18.3 Å². The fraction of sp³-hybridized carbons (Fsp3) is 0.360. The van der Waals surface area contributed by atoms with E-state index in [9.17, 15) is 19.8 Å². The molecule has 1 atom stereocenters. The van der Waals surface area contributed by atoms with Gasteiger partial charge in [0.05, 0.1) is 6.04 Å². The highest BCUT2D eigenvalue weighted by Gasteiger charge is 2.21. The fourth-order valence-electron chi connectivity index (χ4n) is 4.02. The second-order valence-electron chi connectivity index (χ2n) is 8.55. The summed E-state index contributed by atoms with van der Waals surface area (Å²) in [6, 6.07) is 12.5. The molecule has 178 valence electrons. The molecule has 9 heteroatoms. The van der Waals surface area contributed by atoms with Crippen molar-refractivity contribution < 1.29 is 19.8 Å². The van der Waals surface area contributed by atoms with E-state index in [4.69, 9.17) is 4.99 Å². The lowest BCUT2D eigenvalue weighted by Crippen LogP contribution is -2.42. The number of aliphatic carboxylic acids is 1. The molecule has 0 bridgehead atoms. The average molecular weight is 481 g/mol. The lowest BCUT2D eigenvalue weighted by molar-refractivity contribution is -0.139. The molecule has 0 radical (unpaired) electrons. The highest BCUT2D eigenvalue weighted by atomic mass is 32.1. The molecule has 1 heterocycles. The van der Waals surface area contributed by atoms with Crippen LogP contribution < -0.4 is 10.1 Å². The number of aryl methyl sites for hydroxylation is 1. The lowest BCUT2D eigenvalue weighted by Gasteiger charge is -2.16. The smallest absolute Gasteiger partial charge is 0.326 e. The number of aromatic nitrogens is 2. The van der Waals surface area contributed by atoms with E-state index in [0.29, 0.717) is 17.2 Å². The number of amides is 1. The maximum absolute atomic E-state index is 12.7. The molecule has 1 aliphatic rings. The van der Waals surface area contributed by atoms with Crippen LogP contribution in [0.4, 0.5) is 0 Å². The summed E-state index contributed by atoms with van der Waals surface area (Å²) in [5, 5.41) is 26.9. The van der Waals surface area contributed by atoms with Crippen LogP contribution in [-0.4, -0.2) is 44.0 Å². The van der Waals surface area contributed by atoms with Gasteiger partial charge in [0.2, 0.25) is 4.80 Å². The van der Waals surface area contributed by atoms with Crippen molar-refractivity contribution in [2.24, 2.45) is 12.0 Å². The van der Waals surface area contributed by atoms with Crippen molar-refractivity contribution in [2.75, 3.05) is 0 Å². The van der Waals surface area contributed by atoms with Crippen molar-refractivity contribution in [3.05, 3.63) is 64.5 Å². The lowest BCUT2D eigenvalue weighted by atomic mass is 9.96. The molecule has 1 fully saturated rings. The van der Waals surface area contributed by atoms with Gasteiger partial charge in [-0.15, -0.1) is 0 Å². The molecule has 1 aromatic heterocycles. The minimum absolute atomic E-state index is 0.100. The predicted octanol–water partition coefficient (Wildman–Crippen LogP) is 3.51. The quantitative estimate of drug-likeness (QED) is 0.478. The van der Waals surface area contributed by atoms with Crippen LogP contribution in [0.2, 0.25) is 0 Å². The zero-order valence-electron chi connectivity index (χ0n) is 19.0. The van der Waals surface area contributed by atoms with Crippen LogP contribution in [0.5, 0.6) is 5.75 Å². The van der Waals surface area contributed by atoms with E-state index >= 15 is 0 Å². The predicted molar refractivity (Wildman–Crippen MR) is 130 cm³/mol. The van der Waals surface area contributed by atoms with Gasteiger partial charge in [0.15, 0.2) is 0 Å². The number of carboxylic acid groups (broad SMARTS) is 1. The highest BCUT2D eigenvalue weighted by Crippen LogP contribution is 2.22. The summed E-state index contributed by atoms with van der Waals surface area (Å²) < 4.78 is 1.80. The summed E-state index contributed by atoms with van der Waals surface area (Å²) in [4.78, 5) is 30.1. The third kappa shape index (κ3) is 5.91. The summed E-state index contributed by atoms with van der Waals surface area (Å²) in [7, 11) is 1.89. The number of carboxylic acids is 1. The second kappa shape index (κ2) is 10.6. The molecule has 1 aliphatic carbocycles. The highest BCUT2D eigenvalue weighted by molar-refractivity contribution is 7.12. The molecule has 1 saturated carbocycles. The number of nitrogens with one attached hydrogen (secondary N) is 1. The number of carbonyl (C=O) groups is 2. The van der Waals surface area contributed by atoms with Gasteiger partial charge < -0.3 is 15.5 Å². The van der Waals surface area contributed by atoms with Crippen LogP contribution in [0.25, 0.3) is 10.6 Å². The zero-order valence-corrected chi connectivity index (χ0v) is 19.8. The van der Waals surface area contributed by atoms with Gasteiger partial charge in [-0.05, 0) is 42.7 Å². The van der Waals surface area contributed by atoms with Gasteiger partial charge in [0.1, 0.15) is 16.8 Å². The molecule has 8 nitrogen and oxygen atoms in total. The van der Waals surface area contributed by atoms with E-state index < -0.39 is 17.9 Å². The van der Waals surface area contributed by atoms with Gasteiger partial charge >= 0.3 is 5.97 Å². The first-order valence-corrected chi connectivity index (χ1v) is 12.2. The van der Waals surface area contributed by atoms with E-state index in [2.05, 4.69) is 10.4 Å². The minimum Gasteiger partial charge on any atom is -0.508 e. The molecular weight excluding hydrogens is 452 g/mol. The number of hydrogen-bond donors (Lipinski definition) is 3. The van der Waals surface area contributed by atoms with Crippen molar-refractivity contribution in [1.82, 2.24) is 15.1 Å². The molecule has 2 aromatic carbocycles. The maximum Gasteiger partial charge on any atom is 0.326 e. The first kappa shape index (κ1) is 23.7. The van der Waals surface area contributed by atoms with E-state index in [-0.39, 0.29) is 12.2 Å². The minimum atomic E-state index is -1.12. The first-order valence-electron chi connectivity index (χ1n) is 11.4. The molecule has 3 aromatic rings. The molecule has 0 unspecified atom stereocenters.